The first kappa shape index (κ1) is 16.3. The highest BCUT2D eigenvalue weighted by Crippen LogP contribution is 2.24. The second-order valence-electron chi connectivity index (χ2n) is 4.54. The second-order valence-corrected chi connectivity index (χ2v) is 5.41. The number of halogens is 2. The predicted molar refractivity (Wildman–Crippen MR) is 85.0 cm³/mol. The number of aliphatic hydroxyl groups excluding tert-OH is 1. The van der Waals surface area contributed by atoms with Crippen molar-refractivity contribution in [2.75, 3.05) is 5.32 Å². The first-order valence-corrected chi connectivity index (χ1v) is 6.97. The number of benzene rings is 2. The molecule has 0 aliphatic heterocycles. The molecule has 0 spiro atoms. The van der Waals surface area contributed by atoms with Crippen molar-refractivity contribution in [1.29, 1.82) is 0 Å². The van der Waals surface area contributed by atoms with Crippen LogP contribution >= 0.6 is 23.2 Å². The zero-order chi connectivity index (χ0) is 16.3. The molecule has 22 heavy (non-hydrogen) atoms. The number of nitrogens with two attached hydrogens (primary N) is 1. The summed E-state index contributed by atoms with van der Waals surface area (Å²) in [5, 5.41) is 13.2. The van der Waals surface area contributed by atoms with Crippen LogP contribution in [0, 0.1) is 0 Å². The summed E-state index contributed by atoms with van der Waals surface area (Å²) in [6.07, 6.45) is -1.42. The Labute approximate surface area is 136 Å². The summed E-state index contributed by atoms with van der Waals surface area (Å²) in [4.78, 5) is 23.0. The third-order valence-electron chi connectivity index (χ3n) is 2.89. The highest BCUT2D eigenvalue weighted by atomic mass is 35.5. The van der Waals surface area contributed by atoms with Gasteiger partial charge in [0, 0.05) is 21.3 Å². The number of nitrogens with one attached hydrogen (secondary N) is 1. The topological polar surface area (TPSA) is 92.4 Å². The molecule has 2 aromatic carbocycles. The van der Waals surface area contributed by atoms with Crippen molar-refractivity contribution >= 4 is 40.7 Å². The molecule has 0 fully saturated rings. The Morgan fingerprint density at radius 2 is 1.59 bits per heavy atom. The minimum Gasteiger partial charge on any atom is -0.378 e. The lowest BCUT2D eigenvalue weighted by atomic mass is 10.1. The van der Waals surface area contributed by atoms with Gasteiger partial charge in [0.05, 0.1) is 0 Å². The molecule has 5 nitrogen and oxygen atoms in total. The number of rotatable bonds is 4. The summed E-state index contributed by atoms with van der Waals surface area (Å²) in [7, 11) is 0. The number of aliphatic hydroxyl groups is 1. The Morgan fingerprint density at radius 3 is 2.09 bits per heavy atom. The van der Waals surface area contributed by atoms with Crippen molar-refractivity contribution in [1.82, 2.24) is 0 Å². The maximum Gasteiger partial charge on any atom is 0.257 e. The zero-order valence-electron chi connectivity index (χ0n) is 11.2. The molecular formula is C15H12Cl2N2O3. The van der Waals surface area contributed by atoms with Crippen LogP contribution in [-0.2, 0) is 4.79 Å². The van der Waals surface area contributed by atoms with Gasteiger partial charge in [-0.05, 0) is 48.0 Å². The van der Waals surface area contributed by atoms with Crippen LogP contribution in [0.15, 0.2) is 42.5 Å². The van der Waals surface area contributed by atoms with Gasteiger partial charge in [-0.15, -0.1) is 0 Å². The molecular weight excluding hydrogens is 327 g/mol. The van der Waals surface area contributed by atoms with Gasteiger partial charge in [0.25, 0.3) is 5.91 Å². The van der Waals surface area contributed by atoms with Crippen LogP contribution in [0.5, 0.6) is 0 Å². The Hall–Kier alpha value is -2.08. The van der Waals surface area contributed by atoms with E-state index in [1.54, 1.807) is 0 Å². The quantitative estimate of drug-likeness (QED) is 0.800. The van der Waals surface area contributed by atoms with E-state index in [0.717, 1.165) is 0 Å². The van der Waals surface area contributed by atoms with Crippen molar-refractivity contribution < 1.29 is 14.7 Å². The molecule has 114 valence electrons. The van der Waals surface area contributed by atoms with Gasteiger partial charge in [-0.25, -0.2) is 0 Å². The summed E-state index contributed by atoms with van der Waals surface area (Å²) < 4.78 is 0. The standard InChI is InChI=1S/C15H12Cl2N2O3/c16-10-5-9(6-11(17)7-10)13(20)15(22)19-12-3-1-8(2-4-12)14(18)21/h1-7,13,20H,(H2,18,21)(H,19,22). The van der Waals surface area contributed by atoms with E-state index in [0.29, 0.717) is 21.3 Å². The third-order valence-corrected chi connectivity index (χ3v) is 3.32. The molecule has 0 saturated carbocycles. The van der Waals surface area contributed by atoms with E-state index < -0.39 is 17.9 Å². The Morgan fingerprint density at radius 1 is 1.05 bits per heavy atom. The zero-order valence-corrected chi connectivity index (χ0v) is 12.7. The number of amides is 2. The number of primary amides is 1. The summed E-state index contributed by atoms with van der Waals surface area (Å²) >= 11 is 11.7. The fourth-order valence-electron chi connectivity index (χ4n) is 1.81. The van der Waals surface area contributed by atoms with Crippen molar-refractivity contribution in [3.05, 3.63) is 63.6 Å². The third kappa shape index (κ3) is 3.98. The molecule has 7 heteroatoms. The number of carbonyl (C=O) groups is 2. The first-order valence-electron chi connectivity index (χ1n) is 6.21. The van der Waals surface area contributed by atoms with Crippen LogP contribution in [-0.4, -0.2) is 16.9 Å². The second kappa shape index (κ2) is 6.79. The fraction of sp³-hybridized carbons (Fsp3) is 0.0667. The molecule has 0 radical (unpaired) electrons. The van der Waals surface area contributed by atoms with Crippen molar-refractivity contribution in [3.8, 4) is 0 Å². The van der Waals surface area contributed by atoms with E-state index >= 15 is 0 Å². The Bertz CT molecular complexity index is 697. The summed E-state index contributed by atoms with van der Waals surface area (Å²) in [6, 6.07) is 10.4. The van der Waals surface area contributed by atoms with E-state index in [-0.39, 0.29) is 5.56 Å². The molecule has 0 saturated heterocycles. The molecule has 0 aliphatic rings. The molecule has 0 aliphatic carbocycles. The highest BCUT2D eigenvalue weighted by molar-refractivity contribution is 6.34. The van der Waals surface area contributed by atoms with Gasteiger partial charge in [0.1, 0.15) is 0 Å². The molecule has 1 atom stereocenters. The van der Waals surface area contributed by atoms with Crippen LogP contribution in [0.3, 0.4) is 0 Å². The lowest BCUT2D eigenvalue weighted by Gasteiger charge is -2.12. The van der Waals surface area contributed by atoms with Crippen LogP contribution in [0.4, 0.5) is 5.69 Å². The average Bonchev–Trinajstić information content (AvgIpc) is 2.46. The van der Waals surface area contributed by atoms with Crippen molar-refractivity contribution in [2.45, 2.75) is 6.10 Å². The van der Waals surface area contributed by atoms with E-state index in [1.807, 2.05) is 0 Å². The van der Waals surface area contributed by atoms with Gasteiger partial charge in [0.15, 0.2) is 6.10 Å². The summed E-state index contributed by atoms with van der Waals surface area (Å²) in [5.74, 6) is -1.21. The van der Waals surface area contributed by atoms with E-state index in [9.17, 15) is 14.7 Å². The lowest BCUT2D eigenvalue weighted by molar-refractivity contribution is -0.124. The molecule has 1 unspecified atom stereocenters. The van der Waals surface area contributed by atoms with Gasteiger partial charge < -0.3 is 16.2 Å². The number of anilines is 1. The lowest BCUT2D eigenvalue weighted by Crippen LogP contribution is -2.21. The molecule has 2 aromatic rings. The largest absolute Gasteiger partial charge is 0.378 e. The average molecular weight is 339 g/mol. The van der Waals surface area contributed by atoms with Crippen molar-refractivity contribution in [2.24, 2.45) is 5.73 Å². The predicted octanol–water partition coefficient (Wildman–Crippen LogP) is 2.76. The van der Waals surface area contributed by atoms with Gasteiger partial charge >= 0.3 is 0 Å². The molecule has 0 aromatic heterocycles. The highest BCUT2D eigenvalue weighted by Gasteiger charge is 2.18. The molecule has 4 N–H and O–H groups in total. The SMILES string of the molecule is NC(=O)c1ccc(NC(=O)C(O)c2cc(Cl)cc(Cl)c2)cc1. The Balaban J connectivity index is 2.12. The maximum absolute atomic E-state index is 12.0. The van der Waals surface area contributed by atoms with Gasteiger partial charge in [0.2, 0.25) is 5.91 Å². The summed E-state index contributed by atoms with van der Waals surface area (Å²) in [5.41, 5.74) is 6.15. The van der Waals surface area contributed by atoms with Crippen LogP contribution in [0.25, 0.3) is 0 Å². The number of hydrogen-bond acceptors (Lipinski definition) is 3. The fourth-order valence-corrected chi connectivity index (χ4v) is 2.36. The smallest absolute Gasteiger partial charge is 0.257 e. The minimum atomic E-state index is -1.42. The molecule has 0 heterocycles. The van der Waals surface area contributed by atoms with Gasteiger partial charge in [-0.3, -0.25) is 9.59 Å². The van der Waals surface area contributed by atoms with Crippen molar-refractivity contribution in [3.63, 3.8) is 0 Å². The summed E-state index contributed by atoms with van der Waals surface area (Å²) in [6.45, 7) is 0. The molecule has 2 amide bonds. The number of carbonyl (C=O) groups excluding carboxylic acids is 2. The monoisotopic (exact) mass is 338 g/mol. The molecule has 0 bridgehead atoms. The van der Waals surface area contributed by atoms with Gasteiger partial charge in [-0.2, -0.15) is 0 Å². The van der Waals surface area contributed by atoms with E-state index in [1.165, 1.54) is 42.5 Å². The minimum absolute atomic E-state index is 0.281. The van der Waals surface area contributed by atoms with E-state index in [2.05, 4.69) is 5.32 Å². The van der Waals surface area contributed by atoms with Crippen LogP contribution < -0.4 is 11.1 Å². The van der Waals surface area contributed by atoms with Gasteiger partial charge in [-0.1, -0.05) is 23.2 Å². The Kier molecular flexibility index (Phi) is 5.03. The first-order chi connectivity index (χ1) is 10.4. The number of hydrogen-bond donors (Lipinski definition) is 3. The molecule has 2 rings (SSSR count). The maximum atomic E-state index is 12.0. The van der Waals surface area contributed by atoms with Crippen LogP contribution in [0.1, 0.15) is 22.0 Å². The van der Waals surface area contributed by atoms with E-state index in [4.69, 9.17) is 28.9 Å². The normalized spacial score (nSPS) is 11.8. The van der Waals surface area contributed by atoms with Crippen LogP contribution in [0.2, 0.25) is 10.0 Å².